The van der Waals surface area contributed by atoms with Gasteiger partial charge in [0.15, 0.2) is 0 Å². The average Bonchev–Trinajstić information content (AvgIpc) is 3.29. The molecule has 0 atom stereocenters. The molecule has 3 N–H and O–H groups in total. The Balaban J connectivity index is 0.00000196. The largest absolute Gasteiger partial charge is 0.347 e. The van der Waals surface area contributed by atoms with Gasteiger partial charge in [0.25, 0.3) is 0 Å². The molecule has 0 spiro atoms. The average molecular weight is 375 g/mol. The van der Waals surface area contributed by atoms with E-state index in [0.29, 0.717) is 6.54 Å². The minimum absolute atomic E-state index is 0. The van der Waals surface area contributed by atoms with Gasteiger partial charge in [-0.15, -0.1) is 12.4 Å². The fraction of sp³-hybridized carbons (Fsp3) is 0.389. The van der Waals surface area contributed by atoms with Crippen LogP contribution in [-0.4, -0.2) is 38.7 Å². The number of aromatic amines is 1. The number of benzene rings is 1. The van der Waals surface area contributed by atoms with Crippen LogP contribution in [0.5, 0.6) is 0 Å². The van der Waals surface area contributed by atoms with E-state index in [1.165, 1.54) is 5.56 Å². The molecular weight excluding hydrogens is 352 g/mol. The predicted molar refractivity (Wildman–Crippen MR) is 102 cm³/mol. The van der Waals surface area contributed by atoms with E-state index in [9.17, 15) is 4.79 Å². The third-order valence-corrected chi connectivity index (χ3v) is 4.90. The highest BCUT2D eigenvalue weighted by atomic mass is 35.5. The number of fused-ring (bicyclic) bond motifs is 1. The molecule has 8 heteroatoms. The Kier molecular flexibility index (Phi) is 5.29. The number of imidazole rings is 1. The Morgan fingerprint density at radius 3 is 2.88 bits per heavy atom. The summed E-state index contributed by atoms with van der Waals surface area (Å²) in [6.07, 6.45) is 5.03. The van der Waals surface area contributed by atoms with Crippen LogP contribution in [0.25, 0.3) is 11.0 Å². The zero-order valence-corrected chi connectivity index (χ0v) is 15.5. The molecule has 3 aromatic rings. The number of hydrogen-bond acceptors (Lipinski definition) is 4. The van der Waals surface area contributed by atoms with Crippen molar-refractivity contribution in [1.29, 1.82) is 0 Å². The van der Waals surface area contributed by atoms with Gasteiger partial charge in [-0.2, -0.15) is 5.10 Å². The third kappa shape index (κ3) is 3.32. The monoisotopic (exact) mass is 374 g/mol. The van der Waals surface area contributed by atoms with E-state index in [1.807, 2.05) is 31.3 Å². The van der Waals surface area contributed by atoms with E-state index in [0.717, 1.165) is 42.8 Å². The maximum absolute atomic E-state index is 13.0. The maximum Gasteiger partial charge on any atom is 0.248 e. The molecule has 0 aliphatic carbocycles. The van der Waals surface area contributed by atoms with Crippen LogP contribution in [0.2, 0.25) is 0 Å². The fourth-order valence-electron chi connectivity index (χ4n) is 3.51. The van der Waals surface area contributed by atoms with Crippen molar-refractivity contribution in [2.24, 2.45) is 0 Å². The molecular formula is C18H23ClN6O. The number of rotatable bonds is 4. The van der Waals surface area contributed by atoms with E-state index >= 15 is 0 Å². The highest BCUT2D eigenvalue weighted by Gasteiger charge is 2.41. The SMILES string of the molecule is Cc1ccc2nc(CNC(=O)C3(n4cccn4)CCNCC3)[nH]c2c1.Cl. The van der Waals surface area contributed by atoms with Crippen molar-refractivity contribution in [1.82, 2.24) is 30.4 Å². The molecule has 26 heavy (non-hydrogen) atoms. The molecule has 2 aromatic heterocycles. The van der Waals surface area contributed by atoms with Crippen LogP contribution in [0, 0.1) is 6.92 Å². The number of carbonyl (C=O) groups is 1. The lowest BCUT2D eigenvalue weighted by Gasteiger charge is -2.36. The fourth-order valence-corrected chi connectivity index (χ4v) is 3.51. The van der Waals surface area contributed by atoms with Crippen molar-refractivity contribution in [3.8, 4) is 0 Å². The van der Waals surface area contributed by atoms with Gasteiger partial charge in [0, 0.05) is 12.4 Å². The predicted octanol–water partition coefficient (Wildman–Crippen LogP) is 1.88. The van der Waals surface area contributed by atoms with Gasteiger partial charge in [-0.3, -0.25) is 9.48 Å². The van der Waals surface area contributed by atoms with Gasteiger partial charge in [0.1, 0.15) is 11.4 Å². The highest BCUT2D eigenvalue weighted by molar-refractivity contribution is 5.85. The number of amides is 1. The number of aromatic nitrogens is 4. The molecule has 1 saturated heterocycles. The number of piperidine rings is 1. The van der Waals surface area contributed by atoms with Gasteiger partial charge in [-0.1, -0.05) is 6.07 Å². The van der Waals surface area contributed by atoms with Crippen LogP contribution in [0.4, 0.5) is 0 Å². The van der Waals surface area contributed by atoms with Crippen molar-refractivity contribution in [3.05, 3.63) is 48.0 Å². The van der Waals surface area contributed by atoms with Crippen LogP contribution >= 0.6 is 12.4 Å². The molecule has 1 aliphatic rings. The molecule has 1 aliphatic heterocycles. The van der Waals surface area contributed by atoms with Crippen molar-refractivity contribution in [2.45, 2.75) is 31.8 Å². The van der Waals surface area contributed by atoms with Gasteiger partial charge >= 0.3 is 0 Å². The smallest absolute Gasteiger partial charge is 0.248 e. The van der Waals surface area contributed by atoms with Crippen LogP contribution in [0.3, 0.4) is 0 Å². The lowest BCUT2D eigenvalue weighted by molar-refractivity contribution is -0.132. The van der Waals surface area contributed by atoms with Gasteiger partial charge in [-0.05, 0) is 56.6 Å². The van der Waals surface area contributed by atoms with E-state index in [2.05, 4.69) is 31.8 Å². The van der Waals surface area contributed by atoms with Crippen LogP contribution in [-0.2, 0) is 16.9 Å². The summed E-state index contributed by atoms with van der Waals surface area (Å²) in [4.78, 5) is 20.9. The molecule has 4 rings (SSSR count). The molecule has 0 saturated carbocycles. The summed E-state index contributed by atoms with van der Waals surface area (Å²) in [6, 6.07) is 7.95. The lowest BCUT2D eigenvalue weighted by atomic mass is 9.87. The first-order chi connectivity index (χ1) is 12.2. The Bertz CT molecular complexity index is 882. The zero-order valence-electron chi connectivity index (χ0n) is 14.7. The second-order valence-electron chi connectivity index (χ2n) is 6.62. The number of nitrogens with zero attached hydrogens (tertiary/aromatic N) is 3. The first-order valence-electron chi connectivity index (χ1n) is 8.62. The first kappa shape index (κ1) is 18.4. The summed E-state index contributed by atoms with van der Waals surface area (Å²) in [5, 5.41) is 10.7. The van der Waals surface area contributed by atoms with Gasteiger partial charge in [0.2, 0.25) is 5.91 Å². The van der Waals surface area contributed by atoms with E-state index in [1.54, 1.807) is 10.9 Å². The summed E-state index contributed by atoms with van der Waals surface area (Å²) >= 11 is 0. The van der Waals surface area contributed by atoms with Gasteiger partial charge in [-0.25, -0.2) is 4.98 Å². The third-order valence-electron chi connectivity index (χ3n) is 4.90. The molecule has 0 unspecified atom stereocenters. The van der Waals surface area contributed by atoms with Crippen molar-refractivity contribution in [3.63, 3.8) is 0 Å². The zero-order chi connectivity index (χ0) is 17.3. The van der Waals surface area contributed by atoms with Crippen LogP contribution in [0.15, 0.2) is 36.7 Å². The molecule has 3 heterocycles. The number of H-pyrrole nitrogens is 1. The Morgan fingerprint density at radius 1 is 1.35 bits per heavy atom. The topological polar surface area (TPSA) is 87.6 Å². The van der Waals surface area contributed by atoms with Crippen molar-refractivity contribution < 1.29 is 4.79 Å². The number of hydrogen-bond donors (Lipinski definition) is 3. The second kappa shape index (κ2) is 7.47. The van der Waals surface area contributed by atoms with E-state index in [4.69, 9.17) is 0 Å². The molecule has 1 fully saturated rings. The summed E-state index contributed by atoms with van der Waals surface area (Å²) in [5.74, 6) is 0.757. The van der Waals surface area contributed by atoms with Crippen LogP contribution in [0.1, 0.15) is 24.2 Å². The first-order valence-corrected chi connectivity index (χ1v) is 8.62. The number of halogens is 1. The number of nitrogens with one attached hydrogen (secondary N) is 3. The Morgan fingerprint density at radius 2 is 2.15 bits per heavy atom. The minimum Gasteiger partial charge on any atom is -0.347 e. The summed E-state index contributed by atoms with van der Waals surface area (Å²) in [7, 11) is 0. The molecule has 0 bridgehead atoms. The second-order valence-corrected chi connectivity index (χ2v) is 6.62. The quantitative estimate of drug-likeness (QED) is 0.650. The Hall–Kier alpha value is -2.38. The normalized spacial score (nSPS) is 16.2. The molecule has 138 valence electrons. The van der Waals surface area contributed by atoms with E-state index in [-0.39, 0.29) is 18.3 Å². The highest BCUT2D eigenvalue weighted by Crippen LogP contribution is 2.27. The molecule has 0 radical (unpaired) electrons. The number of carbonyl (C=O) groups excluding carboxylic acids is 1. The van der Waals surface area contributed by atoms with Crippen molar-refractivity contribution >= 4 is 29.3 Å². The van der Waals surface area contributed by atoms with Gasteiger partial charge in [0.05, 0.1) is 17.6 Å². The molecule has 1 aromatic carbocycles. The van der Waals surface area contributed by atoms with E-state index < -0.39 is 5.54 Å². The summed E-state index contributed by atoms with van der Waals surface area (Å²) in [5.41, 5.74) is 2.46. The molecule has 7 nitrogen and oxygen atoms in total. The van der Waals surface area contributed by atoms with Crippen LogP contribution < -0.4 is 10.6 Å². The number of aryl methyl sites for hydroxylation is 1. The minimum atomic E-state index is -0.628. The summed E-state index contributed by atoms with van der Waals surface area (Å²) < 4.78 is 1.80. The molecule has 1 amide bonds. The summed E-state index contributed by atoms with van der Waals surface area (Å²) in [6.45, 7) is 4.03. The maximum atomic E-state index is 13.0. The Labute approximate surface area is 158 Å². The van der Waals surface area contributed by atoms with Crippen molar-refractivity contribution in [2.75, 3.05) is 13.1 Å². The standard InChI is InChI=1S/C18H22N6O.ClH/c1-13-3-4-14-15(11-13)23-16(22-14)12-20-17(25)18(5-8-19-9-6-18)24-10-2-7-21-24;/h2-4,7,10-11,19H,5-6,8-9,12H2,1H3,(H,20,25)(H,22,23);1H. The van der Waals surface area contributed by atoms with Gasteiger partial charge < -0.3 is 15.6 Å². The lowest BCUT2D eigenvalue weighted by Crippen LogP contribution is -2.54.